The van der Waals surface area contributed by atoms with E-state index in [1.165, 1.54) is 19.4 Å². The van der Waals surface area contributed by atoms with E-state index in [9.17, 15) is 9.59 Å². The predicted molar refractivity (Wildman–Crippen MR) is 55.5 cm³/mol. The zero-order chi connectivity index (χ0) is 12.3. The molecule has 1 unspecified atom stereocenters. The van der Waals surface area contributed by atoms with Crippen molar-refractivity contribution in [2.45, 2.75) is 24.9 Å². The first-order valence-electron chi connectivity index (χ1n) is 4.67. The maximum absolute atomic E-state index is 11.7. The Balaban J connectivity index is 2.98. The minimum atomic E-state index is -2.01. The summed E-state index contributed by atoms with van der Waals surface area (Å²) in [4.78, 5) is 29.1. The lowest BCUT2D eigenvalue weighted by Gasteiger charge is -2.24. The lowest BCUT2D eigenvalue weighted by molar-refractivity contribution is -0.148. The Hall–Kier alpha value is -1.73. The maximum atomic E-state index is 11.7. The molecule has 1 aromatic heterocycles. The number of aromatic nitrogens is 2. The van der Waals surface area contributed by atoms with E-state index in [1.807, 2.05) is 0 Å². The first-order chi connectivity index (χ1) is 7.38. The molecule has 1 aromatic rings. The zero-order valence-corrected chi connectivity index (χ0v) is 8.80. The van der Waals surface area contributed by atoms with Gasteiger partial charge in [-0.3, -0.25) is 4.79 Å². The number of carboxylic acid groups (broad SMARTS) is 1. The van der Waals surface area contributed by atoms with E-state index in [4.69, 9.17) is 16.6 Å². The summed E-state index contributed by atoms with van der Waals surface area (Å²) in [5, 5.41) is 9.01. The van der Waals surface area contributed by atoms with Gasteiger partial charge < -0.3 is 21.6 Å². The van der Waals surface area contributed by atoms with Crippen molar-refractivity contribution in [2.24, 2.45) is 11.5 Å². The summed E-state index contributed by atoms with van der Waals surface area (Å²) in [7, 11) is 0. The number of carbonyl (C=O) groups excluding carboxylic acids is 1. The predicted octanol–water partition coefficient (Wildman–Crippen LogP) is -1.35. The van der Waals surface area contributed by atoms with Gasteiger partial charge in [0.2, 0.25) is 0 Å². The molecular weight excluding hydrogens is 212 g/mol. The van der Waals surface area contributed by atoms with E-state index in [-0.39, 0.29) is 6.42 Å². The van der Waals surface area contributed by atoms with E-state index >= 15 is 0 Å². The number of ketones is 1. The number of carboxylic acids is 1. The zero-order valence-electron chi connectivity index (χ0n) is 8.80. The van der Waals surface area contributed by atoms with Crippen LogP contribution in [0.3, 0.4) is 0 Å². The molecule has 2 atom stereocenters. The van der Waals surface area contributed by atoms with Crippen LogP contribution in [-0.2, 0) is 16.0 Å². The fourth-order valence-corrected chi connectivity index (χ4v) is 1.36. The van der Waals surface area contributed by atoms with Crippen LogP contribution in [0.1, 0.15) is 12.6 Å². The first kappa shape index (κ1) is 12.3. The summed E-state index contributed by atoms with van der Waals surface area (Å²) in [6.45, 7) is 1.40. The maximum Gasteiger partial charge on any atom is 0.331 e. The quantitative estimate of drug-likeness (QED) is 0.458. The number of nitrogens with one attached hydrogen (secondary N) is 1. The van der Waals surface area contributed by atoms with Crippen LogP contribution in [0.5, 0.6) is 0 Å². The van der Waals surface area contributed by atoms with Gasteiger partial charge in [-0.25, -0.2) is 9.78 Å². The summed E-state index contributed by atoms with van der Waals surface area (Å²) in [6.07, 6.45) is 2.63. The number of Topliss-reactive ketones (excluding diaryl/α,β-unsaturated/α-hetero) is 1. The smallest absolute Gasteiger partial charge is 0.331 e. The Bertz CT molecular complexity index is 387. The van der Waals surface area contributed by atoms with Crippen LogP contribution in [0.25, 0.3) is 0 Å². The fourth-order valence-electron chi connectivity index (χ4n) is 1.36. The number of aliphatic carboxylic acids is 1. The second kappa shape index (κ2) is 4.42. The molecule has 0 aliphatic heterocycles. The lowest BCUT2D eigenvalue weighted by Crippen LogP contribution is -2.61. The summed E-state index contributed by atoms with van der Waals surface area (Å²) in [5.41, 5.74) is 9.43. The Morgan fingerprint density at radius 3 is 2.69 bits per heavy atom. The number of rotatable bonds is 5. The van der Waals surface area contributed by atoms with Gasteiger partial charge in [0.15, 0.2) is 11.3 Å². The van der Waals surface area contributed by atoms with Gasteiger partial charge >= 0.3 is 5.97 Å². The summed E-state index contributed by atoms with van der Waals surface area (Å²) in [5.74, 6) is -2.11. The van der Waals surface area contributed by atoms with Crippen molar-refractivity contribution in [3.63, 3.8) is 0 Å². The van der Waals surface area contributed by atoms with Crippen molar-refractivity contribution >= 4 is 11.8 Å². The number of aromatic amines is 1. The average molecular weight is 226 g/mol. The molecule has 0 aromatic carbocycles. The molecule has 0 fully saturated rings. The van der Waals surface area contributed by atoms with Crippen LogP contribution in [0.15, 0.2) is 12.5 Å². The highest BCUT2D eigenvalue weighted by molar-refractivity contribution is 6.09. The van der Waals surface area contributed by atoms with Crippen LogP contribution < -0.4 is 11.5 Å². The topological polar surface area (TPSA) is 135 Å². The SMILES string of the molecule is CC(N)C(=O)[C@](N)(Cc1cnc[nH]1)C(=O)O. The highest BCUT2D eigenvalue weighted by Gasteiger charge is 2.43. The van der Waals surface area contributed by atoms with E-state index in [0.29, 0.717) is 5.69 Å². The molecule has 0 aliphatic carbocycles. The third kappa shape index (κ3) is 2.26. The van der Waals surface area contributed by atoms with Crippen molar-refractivity contribution in [2.75, 3.05) is 0 Å². The second-order valence-electron chi connectivity index (χ2n) is 3.68. The molecular formula is C9H14N4O3. The molecule has 6 N–H and O–H groups in total. The molecule has 16 heavy (non-hydrogen) atoms. The van der Waals surface area contributed by atoms with Crippen LogP contribution in [-0.4, -0.2) is 38.4 Å². The van der Waals surface area contributed by atoms with E-state index < -0.39 is 23.3 Å². The molecule has 0 bridgehead atoms. The van der Waals surface area contributed by atoms with Gasteiger partial charge in [0.1, 0.15) is 0 Å². The summed E-state index contributed by atoms with van der Waals surface area (Å²) in [6, 6.07) is -0.927. The fraction of sp³-hybridized carbons (Fsp3) is 0.444. The number of imidazole rings is 1. The molecule has 1 rings (SSSR count). The number of nitrogens with two attached hydrogens (primary N) is 2. The largest absolute Gasteiger partial charge is 0.480 e. The van der Waals surface area contributed by atoms with Gasteiger partial charge in [-0.1, -0.05) is 0 Å². The molecule has 0 aliphatic rings. The minimum Gasteiger partial charge on any atom is -0.480 e. The van der Waals surface area contributed by atoms with Crippen LogP contribution in [0.4, 0.5) is 0 Å². The highest BCUT2D eigenvalue weighted by Crippen LogP contribution is 2.12. The molecule has 7 nitrogen and oxygen atoms in total. The third-order valence-corrected chi connectivity index (χ3v) is 2.26. The molecule has 88 valence electrons. The van der Waals surface area contributed by atoms with Gasteiger partial charge in [-0.15, -0.1) is 0 Å². The first-order valence-corrected chi connectivity index (χ1v) is 4.67. The molecule has 0 saturated heterocycles. The van der Waals surface area contributed by atoms with Crippen molar-refractivity contribution in [3.05, 3.63) is 18.2 Å². The van der Waals surface area contributed by atoms with Gasteiger partial charge in [0, 0.05) is 18.3 Å². The van der Waals surface area contributed by atoms with Crippen molar-refractivity contribution in [3.8, 4) is 0 Å². The summed E-state index contributed by atoms with van der Waals surface area (Å²) < 4.78 is 0. The molecule has 7 heteroatoms. The molecule has 0 saturated carbocycles. The Morgan fingerprint density at radius 1 is 1.69 bits per heavy atom. The van der Waals surface area contributed by atoms with Crippen LogP contribution >= 0.6 is 0 Å². The average Bonchev–Trinajstić information content (AvgIpc) is 2.68. The third-order valence-electron chi connectivity index (χ3n) is 2.26. The second-order valence-corrected chi connectivity index (χ2v) is 3.68. The van der Waals surface area contributed by atoms with Gasteiger partial charge in [-0.2, -0.15) is 0 Å². The number of hydrogen-bond acceptors (Lipinski definition) is 5. The molecule has 1 heterocycles. The van der Waals surface area contributed by atoms with E-state index in [0.717, 1.165) is 0 Å². The summed E-state index contributed by atoms with van der Waals surface area (Å²) >= 11 is 0. The standard InChI is InChI=1S/C9H14N4O3/c1-5(10)7(14)9(11,8(15)16)2-6-3-12-4-13-6/h3-5H,2,10-11H2,1H3,(H,12,13)(H,15,16)/t5?,9-/m1/s1. The number of hydrogen-bond donors (Lipinski definition) is 4. The van der Waals surface area contributed by atoms with Gasteiger partial charge in [0.05, 0.1) is 12.4 Å². The molecule has 0 spiro atoms. The number of H-pyrrole nitrogens is 1. The Kier molecular flexibility index (Phi) is 3.41. The van der Waals surface area contributed by atoms with Crippen molar-refractivity contribution in [1.29, 1.82) is 0 Å². The van der Waals surface area contributed by atoms with Gasteiger partial charge in [-0.05, 0) is 6.92 Å². The lowest BCUT2D eigenvalue weighted by atomic mass is 9.87. The molecule has 0 amide bonds. The Labute approximate surface area is 91.8 Å². The highest BCUT2D eigenvalue weighted by atomic mass is 16.4. The molecule has 0 radical (unpaired) electrons. The Morgan fingerprint density at radius 2 is 2.31 bits per heavy atom. The van der Waals surface area contributed by atoms with Crippen molar-refractivity contribution in [1.82, 2.24) is 9.97 Å². The number of carbonyl (C=O) groups is 2. The minimum absolute atomic E-state index is 0.164. The van der Waals surface area contributed by atoms with Gasteiger partial charge in [0.25, 0.3) is 0 Å². The number of nitrogens with zero attached hydrogens (tertiary/aromatic N) is 1. The monoisotopic (exact) mass is 226 g/mol. The van der Waals surface area contributed by atoms with E-state index in [2.05, 4.69) is 9.97 Å². The van der Waals surface area contributed by atoms with Crippen molar-refractivity contribution < 1.29 is 14.7 Å². The van der Waals surface area contributed by atoms with Crippen LogP contribution in [0, 0.1) is 0 Å². The van der Waals surface area contributed by atoms with Crippen LogP contribution in [0.2, 0.25) is 0 Å². The van der Waals surface area contributed by atoms with E-state index in [1.54, 1.807) is 0 Å². The normalized spacial score (nSPS) is 16.4.